The van der Waals surface area contributed by atoms with Gasteiger partial charge in [-0.25, -0.2) is 4.68 Å². The van der Waals surface area contributed by atoms with Gasteiger partial charge in [0.1, 0.15) is 23.8 Å². The zero-order chi connectivity index (χ0) is 19.1. The van der Waals surface area contributed by atoms with Crippen LogP contribution in [-0.4, -0.2) is 22.7 Å². The quantitative estimate of drug-likeness (QED) is 0.589. The van der Waals surface area contributed by atoms with Gasteiger partial charge in [0.05, 0.1) is 18.5 Å². The number of ether oxygens (including phenoxy) is 2. The lowest BCUT2D eigenvalue weighted by Gasteiger charge is -2.21. The van der Waals surface area contributed by atoms with Crippen molar-refractivity contribution in [1.82, 2.24) is 9.78 Å². The summed E-state index contributed by atoms with van der Waals surface area (Å²) in [5.74, 6) is 1.42. The van der Waals surface area contributed by atoms with Gasteiger partial charge in [0.25, 0.3) is 0 Å². The van der Waals surface area contributed by atoms with Crippen LogP contribution in [0.3, 0.4) is 0 Å². The molecule has 0 atom stereocenters. The smallest absolute Gasteiger partial charge is 0.180 e. The van der Waals surface area contributed by atoms with Crippen LogP contribution in [0.1, 0.15) is 42.4 Å². The number of fused-ring (bicyclic) bond motifs is 3. The Hall–Kier alpha value is -2.86. The Bertz CT molecular complexity index is 1060. The highest BCUT2D eigenvalue weighted by Crippen LogP contribution is 2.44. The normalized spacial score (nSPS) is 12.0. The number of allylic oxidation sites excluding steroid dienone is 1. The molecule has 1 aromatic carbocycles. The van der Waals surface area contributed by atoms with Gasteiger partial charge in [-0.05, 0) is 31.4 Å². The molecule has 0 N–H and O–H groups in total. The summed E-state index contributed by atoms with van der Waals surface area (Å²) in [6.07, 6.45) is 2.07. The van der Waals surface area contributed by atoms with Gasteiger partial charge in [-0.3, -0.25) is 4.79 Å². The van der Waals surface area contributed by atoms with Crippen LogP contribution in [0.15, 0.2) is 34.5 Å². The molecule has 3 aromatic rings. The highest BCUT2D eigenvalue weighted by molar-refractivity contribution is 7.08. The molecule has 0 saturated heterocycles. The molecule has 5 nitrogen and oxygen atoms in total. The predicted molar refractivity (Wildman–Crippen MR) is 107 cm³/mol. The zero-order valence-electron chi connectivity index (χ0n) is 15.7. The maximum atomic E-state index is 12.2. The van der Waals surface area contributed by atoms with E-state index in [2.05, 4.69) is 11.2 Å². The Balaban J connectivity index is 2.02. The molecule has 2 aromatic heterocycles. The van der Waals surface area contributed by atoms with Gasteiger partial charge < -0.3 is 9.47 Å². The molecule has 1 aliphatic rings. The molecule has 4 rings (SSSR count). The van der Waals surface area contributed by atoms with Crippen molar-refractivity contribution >= 4 is 23.2 Å². The summed E-state index contributed by atoms with van der Waals surface area (Å²) in [5.41, 5.74) is 6.19. The summed E-state index contributed by atoms with van der Waals surface area (Å²) >= 11 is 1.60. The Morgan fingerprint density at radius 3 is 2.78 bits per heavy atom. The molecule has 138 valence electrons. The van der Waals surface area contributed by atoms with Crippen molar-refractivity contribution in [2.75, 3.05) is 7.11 Å². The SMILES string of the molecule is COc1cc2c(cc1C=C(C)C)-c1c(c(C(C)=O)nn1-c1ccsc1)CO2. The van der Waals surface area contributed by atoms with Gasteiger partial charge in [0.2, 0.25) is 0 Å². The molecule has 0 bridgehead atoms. The number of ketones is 1. The first-order valence-electron chi connectivity index (χ1n) is 8.65. The van der Waals surface area contributed by atoms with Crippen LogP contribution in [0.4, 0.5) is 0 Å². The Morgan fingerprint density at radius 1 is 1.33 bits per heavy atom. The summed E-state index contributed by atoms with van der Waals surface area (Å²) in [6.45, 7) is 5.94. The van der Waals surface area contributed by atoms with E-state index in [4.69, 9.17) is 9.47 Å². The topological polar surface area (TPSA) is 53.3 Å². The molecule has 0 fully saturated rings. The highest BCUT2D eigenvalue weighted by Gasteiger charge is 2.29. The first-order chi connectivity index (χ1) is 13.0. The van der Waals surface area contributed by atoms with Gasteiger partial charge in [-0.2, -0.15) is 16.4 Å². The fourth-order valence-electron chi connectivity index (χ4n) is 3.34. The van der Waals surface area contributed by atoms with Gasteiger partial charge in [-0.1, -0.05) is 11.6 Å². The van der Waals surface area contributed by atoms with Crippen molar-refractivity contribution in [1.29, 1.82) is 0 Å². The molecule has 1 aliphatic heterocycles. The first-order valence-corrected chi connectivity index (χ1v) is 9.59. The lowest BCUT2D eigenvalue weighted by Crippen LogP contribution is -2.09. The standard InChI is InChI=1S/C21H20N2O3S/c1-12(2)7-14-8-16-19(9-18(14)25-4)26-10-17-20(13(3)24)22-23(21(16)17)15-5-6-27-11-15/h5-9,11H,10H2,1-4H3. The van der Waals surface area contributed by atoms with E-state index in [1.165, 1.54) is 5.57 Å². The van der Waals surface area contributed by atoms with Crippen LogP contribution in [0.2, 0.25) is 0 Å². The van der Waals surface area contributed by atoms with Crippen molar-refractivity contribution in [3.05, 3.63) is 51.4 Å². The van der Waals surface area contributed by atoms with Crippen molar-refractivity contribution < 1.29 is 14.3 Å². The van der Waals surface area contributed by atoms with Gasteiger partial charge >= 0.3 is 0 Å². The number of aromatic nitrogens is 2. The van der Waals surface area contributed by atoms with Crippen molar-refractivity contribution in [3.63, 3.8) is 0 Å². The molecule has 0 spiro atoms. The monoisotopic (exact) mass is 380 g/mol. The fraction of sp³-hybridized carbons (Fsp3) is 0.238. The Labute approximate surface area is 161 Å². The zero-order valence-corrected chi connectivity index (χ0v) is 16.5. The molecule has 0 unspecified atom stereocenters. The molecular weight excluding hydrogens is 360 g/mol. The number of thiophene rings is 1. The van der Waals surface area contributed by atoms with E-state index in [-0.39, 0.29) is 5.78 Å². The number of carbonyl (C=O) groups excluding carboxylic acids is 1. The van der Waals surface area contributed by atoms with E-state index in [9.17, 15) is 4.79 Å². The van der Waals surface area contributed by atoms with E-state index in [0.717, 1.165) is 39.6 Å². The molecule has 0 aliphatic carbocycles. The number of hydrogen-bond donors (Lipinski definition) is 0. The average Bonchev–Trinajstić information content (AvgIpc) is 3.28. The minimum atomic E-state index is -0.0645. The van der Waals surface area contributed by atoms with Gasteiger partial charge in [-0.15, -0.1) is 0 Å². The van der Waals surface area contributed by atoms with Crippen LogP contribution < -0.4 is 9.47 Å². The number of benzene rings is 1. The van der Waals surface area contributed by atoms with E-state index in [1.807, 2.05) is 47.5 Å². The predicted octanol–water partition coefficient (Wildman–Crippen LogP) is 5.13. The second kappa shape index (κ2) is 6.70. The summed E-state index contributed by atoms with van der Waals surface area (Å²) in [4.78, 5) is 12.2. The molecule has 6 heteroatoms. The van der Waals surface area contributed by atoms with Crippen molar-refractivity contribution in [2.24, 2.45) is 0 Å². The second-order valence-corrected chi connectivity index (χ2v) is 7.51. The van der Waals surface area contributed by atoms with Crippen LogP contribution in [0.25, 0.3) is 23.0 Å². The van der Waals surface area contributed by atoms with E-state index in [0.29, 0.717) is 12.3 Å². The molecule has 0 amide bonds. The van der Waals surface area contributed by atoms with Crippen LogP contribution in [0.5, 0.6) is 11.5 Å². The second-order valence-electron chi connectivity index (χ2n) is 6.73. The number of carbonyl (C=O) groups is 1. The summed E-state index contributed by atoms with van der Waals surface area (Å²) < 4.78 is 13.4. The largest absolute Gasteiger partial charge is 0.496 e. The van der Waals surface area contributed by atoms with Gasteiger partial charge in [0, 0.05) is 35.1 Å². The van der Waals surface area contributed by atoms with E-state index < -0.39 is 0 Å². The fourth-order valence-corrected chi connectivity index (χ4v) is 3.96. The summed E-state index contributed by atoms with van der Waals surface area (Å²) in [6, 6.07) is 5.95. The third-order valence-corrected chi connectivity index (χ3v) is 5.14. The maximum Gasteiger partial charge on any atom is 0.180 e. The van der Waals surface area contributed by atoms with Crippen molar-refractivity contribution in [3.8, 4) is 28.4 Å². The number of nitrogens with zero attached hydrogens (tertiary/aromatic N) is 2. The molecule has 0 saturated carbocycles. The number of rotatable bonds is 4. The Kier molecular flexibility index (Phi) is 4.36. The molecule has 0 radical (unpaired) electrons. The van der Waals surface area contributed by atoms with E-state index in [1.54, 1.807) is 25.4 Å². The van der Waals surface area contributed by atoms with Crippen LogP contribution in [-0.2, 0) is 6.61 Å². The van der Waals surface area contributed by atoms with Crippen LogP contribution >= 0.6 is 11.3 Å². The van der Waals surface area contributed by atoms with Crippen molar-refractivity contribution in [2.45, 2.75) is 27.4 Å². The number of Topliss-reactive ketones (excluding diaryl/α,β-unsaturated/α-hetero) is 1. The minimum absolute atomic E-state index is 0.0645. The third kappa shape index (κ3) is 2.96. The number of hydrogen-bond acceptors (Lipinski definition) is 5. The summed E-state index contributed by atoms with van der Waals surface area (Å²) in [5, 5.41) is 8.63. The minimum Gasteiger partial charge on any atom is -0.496 e. The van der Waals surface area contributed by atoms with Gasteiger partial charge in [0.15, 0.2) is 5.78 Å². The van der Waals surface area contributed by atoms with Crippen LogP contribution in [0, 0.1) is 0 Å². The average molecular weight is 380 g/mol. The maximum absolute atomic E-state index is 12.2. The third-order valence-electron chi connectivity index (χ3n) is 4.47. The first kappa shape index (κ1) is 17.5. The summed E-state index contributed by atoms with van der Waals surface area (Å²) in [7, 11) is 1.65. The highest BCUT2D eigenvalue weighted by atomic mass is 32.1. The Morgan fingerprint density at radius 2 is 2.15 bits per heavy atom. The molecule has 3 heterocycles. The molecule has 27 heavy (non-hydrogen) atoms. The van der Waals surface area contributed by atoms with E-state index >= 15 is 0 Å². The lowest BCUT2D eigenvalue weighted by atomic mass is 9.98. The number of methoxy groups -OCH3 is 1. The molecular formula is C21H20N2O3S. The lowest BCUT2D eigenvalue weighted by molar-refractivity contribution is 0.101.